The summed E-state index contributed by atoms with van der Waals surface area (Å²) in [6.45, 7) is 6.80. The smallest absolute Gasteiger partial charge is 0.326 e. The molecule has 3 atom stereocenters. The van der Waals surface area contributed by atoms with Crippen LogP contribution < -0.4 is 0 Å². The summed E-state index contributed by atoms with van der Waals surface area (Å²) in [4.78, 5) is 17.7. The fraction of sp³-hybridized carbons (Fsp3) is 0.286. The van der Waals surface area contributed by atoms with Gasteiger partial charge in [-0.25, -0.2) is 4.39 Å². The van der Waals surface area contributed by atoms with Gasteiger partial charge < -0.3 is 14.7 Å². The standard InChI is InChI=1S/C28H29FNO5P/c1-5-28(26(31)32,36(34)35-4)27(3,33)23-22(18-13-15-21(29)16-14-18)17(2)24(19-9-7-6-8-10-19)30-25(23)20-11-12-20/h5-10,13-16,20,33,36H,1,11-12H2,2-4H3,(H,31,32). The van der Waals surface area contributed by atoms with Crippen molar-refractivity contribution in [1.29, 1.82) is 0 Å². The maximum absolute atomic E-state index is 13.9. The van der Waals surface area contributed by atoms with Crippen molar-refractivity contribution in [3.05, 3.63) is 89.9 Å². The van der Waals surface area contributed by atoms with Gasteiger partial charge in [0.1, 0.15) is 11.4 Å². The number of pyridine rings is 1. The van der Waals surface area contributed by atoms with Gasteiger partial charge in [-0.2, -0.15) is 0 Å². The van der Waals surface area contributed by atoms with E-state index in [1.807, 2.05) is 37.3 Å². The molecule has 1 aromatic heterocycles. The molecular weight excluding hydrogens is 480 g/mol. The second-order valence-electron chi connectivity index (χ2n) is 9.25. The molecule has 188 valence electrons. The third-order valence-corrected chi connectivity index (χ3v) is 8.94. The molecule has 0 radical (unpaired) electrons. The average Bonchev–Trinajstić information content (AvgIpc) is 3.70. The number of carbonyl (C=O) groups is 1. The van der Waals surface area contributed by atoms with Crippen molar-refractivity contribution >= 4 is 14.0 Å². The van der Waals surface area contributed by atoms with Gasteiger partial charge in [0, 0.05) is 24.2 Å². The highest BCUT2D eigenvalue weighted by molar-refractivity contribution is 7.43. The summed E-state index contributed by atoms with van der Waals surface area (Å²) in [5, 5.41) is 20.2. The molecule has 3 unspecified atom stereocenters. The van der Waals surface area contributed by atoms with E-state index in [1.54, 1.807) is 12.1 Å². The van der Waals surface area contributed by atoms with Crippen LogP contribution >= 0.6 is 8.03 Å². The van der Waals surface area contributed by atoms with Crippen LogP contribution in [0.1, 0.15) is 42.5 Å². The minimum Gasteiger partial charge on any atom is -0.480 e. The lowest BCUT2D eigenvalue weighted by Crippen LogP contribution is -2.52. The molecule has 1 heterocycles. The molecule has 2 aromatic carbocycles. The zero-order valence-electron chi connectivity index (χ0n) is 20.4. The van der Waals surface area contributed by atoms with Crippen molar-refractivity contribution in [2.75, 3.05) is 7.11 Å². The van der Waals surface area contributed by atoms with Crippen LogP contribution in [0.2, 0.25) is 0 Å². The van der Waals surface area contributed by atoms with Gasteiger partial charge >= 0.3 is 5.97 Å². The first-order valence-electron chi connectivity index (χ1n) is 11.6. The third kappa shape index (κ3) is 4.11. The Hall–Kier alpha value is -3.12. The summed E-state index contributed by atoms with van der Waals surface area (Å²) < 4.78 is 32.1. The SMILES string of the molecule is C=CC(C(=O)O)([PH](=O)OC)C(C)(O)c1c(C2CC2)nc(-c2ccccc2)c(C)c1-c1ccc(F)cc1. The molecule has 3 aromatic rings. The molecule has 36 heavy (non-hydrogen) atoms. The zero-order chi connectivity index (χ0) is 26.3. The van der Waals surface area contributed by atoms with Gasteiger partial charge in [-0.1, -0.05) is 48.5 Å². The van der Waals surface area contributed by atoms with Crippen LogP contribution in [-0.4, -0.2) is 33.4 Å². The molecule has 2 N–H and O–H groups in total. The van der Waals surface area contributed by atoms with Gasteiger partial charge in [-0.05, 0) is 55.5 Å². The Kier molecular flexibility index (Phi) is 7.02. The molecular formula is C28H29FNO5P. The Morgan fingerprint density at radius 3 is 2.28 bits per heavy atom. The molecule has 6 nitrogen and oxygen atoms in total. The van der Waals surface area contributed by atoms with E-state index in [9.17, 15) is 24.0 Å². The van der Waals surface area contributed by atoms with Crippen LogP contribution in [0.5, 0.6) is 0 Å². The van der Waals surface area contributed by atoms with Crippen molar-refractivity contribution in [2.24, 2.45) is 0 Å². The minimum atomic E-state index is -3.39. The number of aliphatic carboxylic acids is 1. The Morgan fingerprint density at radius 1 is 1.17 bits per heavy atom. The van der Waals surface area contributed by atoms with Crippen LogP contribution in [0.25, 0.3) is 22.4 Å². The molecule has 0 amide bonds. The summed E-state index contributed by atoms with van der Waals surface area (Å²) >= 11 is 0. The van der Waals surface area contributed by atoms with Crippen molar-refractivity contribution in [2.45, 2.75) is 43.4 Å². The number of rotatable bonds is 9. The number of aromatic nitrogens is 1. The summed E-state index contributed by atoms with van der Waals surface area (Å²) in [5.41, 5.74) is 1.84. The average molecular weight is 510 g/mol. The fourth-order valence-corrected chi connectivity index (χ4v) is 6.10. The summed E-state index contributed by atoms with van der Waals surface area (Å²) in [5.74, 6) is -1.97. The van der Waals surface area contributed by atoms with Gasteiger partial charge in [-0.15, -0.1) is 6.58 Å². The van der Waals surface area contributed by atoms with Crippen molar-refractivity contribution in [1.82, 2.24) is 4.98 Å². The van der Waals surface area contributed by atoms with Crippen LogP contribution in [0.3, 0.4) is 0 Å². The van der Waals surface area contributed by atoms with Crippen LogP contribution in [0.15, 0.2) is 67.3 Å². The molecule has 1 aliphatic rings. The van der Waals surface area contributed by atoms with Crippen LogP contribution in [0, 0.1) is 12.7 Å². The summed E-state index contributed by atoms with van der Waals surface area (Å²) in [7, 11) is -2.24. The predicted octanol–water partition coefficient (Wildman–Crippen LogP) is 6.08. The highest BCUT2D eigenvalue weighted by Gasteiger charge is 2.59. The van der Waals surface area contributed by atoms with Crippen LogP contribution in [-0.2, 0) is 19.5 Å². The molecule has 4 rings (SSSR count). The maximum atomic E-state index is 13.9. The van der Waals surface area contributed by atoms with Crippen molar-refractivity contribution in [3.8, 4) is 22.4 Å². The quantitative estimate of drug-likeness (QED) is 0.268. The van der Waals surface area contributed by atoms with Gasteiger partial charge in [0.25, 0.3) is 0 Å². The largest absolute Gasteiger partial charge is 0.480 e. The van der Waals surface area contributed by atoms with E-state index in [4.69, 9.17) is 9.51 Å². The van der Waals surface area contributed by atoms with E-state index in [-0.39, 0.29) is 11.5 Å². The lowest BCUT2D eigenvalue weighted by Gasteiger charge is -2.41. The molecule has 0 aliphatic heterocycles. The third-order valence-electron chi connectivity index (χ3n) is 7.02. The second kappa shape index (κ2) is 9.74. The lowest BCUT2D eigenvalue weighted by molar-refractivity contribution is -0.146. The van der Waals surface area contributed by atoms with Gasteiger partial charge in [0.15, 0.2) is 5.16 Å². The molecule has 1 saturated carbocycles. The minimum absolute atomic E-state index is 0.0186. The molecule has 0 saturated heterocycles. The zero-order valence-corrected chi connectivity index (χ0v) is 21.4. The van der Waals surface area contributed by atoms with Crippen molar-refractivity contribution < 1.29 is 28.5 Å². The van der Waals surface area contributed by atoms with E-state index >= 15 is 0 Å². The fourth-order valence-electron chi connectivity index (χ4n) is 4.92. The molecule has 0 spiro atoms. The lowest BCUT2D eigenvalue weighted by atomic mass is 9.75. The van der Waals surface area contributed by atoms with Crippen LogP contribution in [0.4, 0.5) is 4.39 Å². The van der Waals surface area contributed by atoms with E-state index < -0.39 is 30.6 Å². The van der Waals surface area contributed by atoms with E-state index in [0.717, 1.165) is 31.6 Å². The predicted molar refractivity (Wildman–Crippen MR) is 138 cm³/mol. The second-order valence-corrected chi connectivity index (χ2v) is 11.0. The summed E-state index contributed by atoms with van der Waals surface area (Å²) in [6, 6.07) is 15.3. The number of hydrogen-bond acceptors (Lipinski definition) is 5. The van der Waals surface area contributed by atoms with E-state index in [2.05, 4.69) is 6.58 Å². The molecule has 1 fully saturated rings. The number of aliphatic hydroxyl groups is 1. The highest BCUT2D eigenvalue weighted by Crippen LogP contribution is 2.57. The number of carboxylic acid groups (broad SMARTS) is 1. The van der Waals surface area contributed by atoms with Gasteiger partial charge in [-0.3, -0.25) is 14.3 Å². The van der Waals surface area contributed by atoms with Gasteiger partial charge in [0.2, 0.25) is 8.03 Å². The molecule has 8 heteroatoms. The molecule has 0 bridgehead atoms. The number of nitrogens with zero attached hydrogens (tertiary/aromatic N) is 1. The number of hydrogen-bond donors (Lipinski definition) is 2. The Balaban J connectivity index is 2.17. The van der Waals surface area contributed by atoms with E-state index in [1.165, 1.54) is 19.1 Å². The van der Waals surface area contributed by atoms with E-state index in [0.29, 0.717) is 28.1 Å². The first-order chi connectivity index (χ1) is 17.1. The normalized spacial score (nSPS) is 17.6. The number of carboxylic acids is 1. The first kappa shape index (κ1) is 26.0. The first-order valence-corrected chi connectivity index (χ1v) is 13.0. The Bertz CT molecular complexity index is 1340. The van der Waals surface area contributed by atoms with Crippen molar-refractivity contribution in [3.63, 3.8) is 0 Å². The van der Waals surface area contributed by atoms with Gasteiger partial charge in [0.05, 0.1) is 11.4 Å². The highest BCUT2D eigenvalue weighted by atomic mass is 31.1. The number of halogens is 1. The topological polar surface area (TPSA) is 96.7 Å². The Labute approximate surface area is 210 Å². The Morgan fingerprint density at radius 2 is 1.78 bits per heavy atom. The maximum Gasteiger partial charge on any atom is 0.326 e. The molecule has 1 aliphatic carbocycles. The summed E-state index contributed by atoms with van der Waals surface area (Å²) in [6.07, 6.45) is 2.61. The number of benzene rings is 2. The monoisotopic (exact) mass is 509 g/mol.